The van der Waals surface area contributed by atoms with Gasteiger partial charge in [0.15, 0.2) is 5.13 Å². The SMILES string of the molecule is CC(C)(O)CCn1cc2cc(NC(=O)c3csc(N4CCC(O)CC4)n3)c(-c3ccoc3)cc2c1. The van der Waals surface area contributed by atoms with Crippen molar-refractivity contribution in [2.45, 2.75) is 51.4 Å². The molecule has 4 aromatic rings. The maximum atomic E-state index is 13.2. The predicted octanol–water partition coefficient (Wildman–Crippen LogP) is 4.73. The van der Waals surface area contributed by atoms with Crippen LogP contribution in [0.1, 0.15) is 43.6 Å². The second-order valence-corrected chi connectivity index (χ2v) is 10.6. The summed E-state index contributed by atoms with van der Waals surface area (Å²) in [4.78, 5) is 19.8. The van der Waals surface area contributed by atoms with Crippen LogP contribution in [-0.4, -0.2) is 50.5 Å². The molecule has 184 valence electrons. The highest BCUT2D eigenvalue weighted by molar-refractivity contribution is 7.14. The Balaban J connectivity index is 1.40. The first-order valence-corrected chi connectivity index (χ1v) is 12.7. The van der Waals surface area contributed by atoms with Gasteiger partial charge in [-0.15, -0.1) is 11.3 Å². The number of aryl methyl sites for hydroxylation is 1. The summed E-state index contributed by atoms with van der Waals surface area (Å²) in [7, 11) is 0. The number of rotatable bonds is 7. The molecule has 35 heavy (non-hydrogen) atoms. The van der Waals surface area contributed by atoms with Crippen LogP contribution in [0.4, 0.5) is 10.8 Å². The van der Waals surface area contributed by atoms with Gasteiger partial charge in [0.1, 0.15) is 5.69 Å². The van der Waals surface area contributed by atoms with Gasteiger partial charge in [-0.05, 0) is 51.3 Å². The highest BCUT2D eigenvalue weighted by Crippen LogP contribution is 2.34. The molecule has 3 N–H and O–H groups in total. The van der Waals surface area contributed by atoms with Crippen LogP contribution in [0.3, 0.4) is 0 Å². The minimum absolute atomic E-state index is 0.254. The number of aliphatic hydroxyl groups excluding tert-OH is 1. The quantitative estimate of drug-likeness (QED) is 0.343. The maximum absolute atomic E-state index is 13.2. The molecule has 1 fully saturated rings. The van der Waals surface area contributed by atoms with Gasteiger partial charge in [0.2, 0.25) is 0 Å². The summed E-state index contributed by atoms with van der Waals surface area (Å²) in [6, 6.07) is 5.88. The molecule has 1 aliphatic heterocycles. The number of anilines is 2. The molecule has 9 heteroatoms. The molecule has 1 aliphatic rings. The third-order valence-corrected chi connectivity index (χ3v) is 7.26. The average Bonchev–Trinajstić information content (AvgIpc) is 3.57. The van der Waals surface area contributed by atoms with Gasteiger partial charge >= 0.3 is 0 Å². The Hall–Kier alpha value is -3.14. The van der Waals surface area contributed by atoms with E-state index in [0.717, 1.165) is 40.1 Å². The number of hydrogen-bond donors (Lipinski definition) is 3. The number of benzene rings is 1. The van der Waals surface area contributed by atoms with Gasteiger partial charge in [-0.1, -0.05) is 0 Å². The number of fused-ring (bicyclic) bond motifs is 1. The number of thiazole rings is 1. The Labute approximate surface area is 207 Å². The largest absolute Gasteiger partial charge is 0.472 e. The van der Waals surface area contributed by atoms with Crippen molar-refractivity contribution in [1.29, 1.82) is 0 Å². The van der Waals surface area contributed by atoms with Crippen molar-refractivity contribution in [3.63, 3.8) is 0 Å². The van der Waals surface area contributed by atoms with Crippen molar-refractivity contribution in [1.82, 2.24) is 9.55 Å². The molecule has 1 aromatic carbocycles. The number of hydrogen-bond acceptors (Lipinski definition) is 7. The van der Waals surface area contributed by atoms with Crippen LogP contribution in [0.25, 0.3) is 21.9 Å². The lowest BCUT2D eigenvalue weighted by Gasteiger charge is -2.29. The second kappa shape index (κ2) is 9.49. The zero-order valence-corrected chi connectivity index (χ0v) is 20.7. The molecule has 0 saturated carbocycles. The Kier molecular flexibility index (Phi) is 6.39. The molecule has 1 amide bonds. The minimum Gasteiger partial charge on any atom is -0.472 e. The topological polar surface area (TPSA) is 104 Å². The van der Waals surface area contributed by atoms with Gasteiger partial charge < -0.3 is 29.4 Å². The molecule has 5 rings (SSSR count). The number of nitrogens with zero attached hydrogens (tertiary/aromatic N) is 3. The highest BCUT2D eigenvalue weighted by Gasteiger charge is 2.22. The van der Waals surface area contributed by atoms with Crippen LogP contribution < -0.4 is 10.2 Å². The van der Waals surface area contributed by atoms with E-state index in [-0.39, 0.29) is 12.0 Å². The Morgan fingerprint density at radius 1 is 1.26 bits per heavy atom. The van der Waals surface area contributed by atoms with Gasteiger partial charge in [-0.2, -0.15) is 0 Å². The third-order valence-electron chi connectivity index (χ3n) is 6.35. The molecule has 8 nitrogen and oxygen atoms in total. The van der Waals surface area contributed by atoms with Crippen LogP contribution in [0.15, 0.2) is 52.9 Å². The average molecular weight is 495 g/mol. The zero-order valence-electron chi connectivity index (χ0n) is 19.9. The summed E-state index contributed by atoms with van der Waals surface area (Å²) in [5.74, 6) is -0.268. The summed E-state index contributed by atoms with van der Waals surface area (Å²) in [6.45, 7) is 5.78. The van der Waals surface area contributed by atoms with E-state index in [0.29, 0.717) is 37.2 Å². The van der Waals surface area contributed by atoms with Crippen LogP contribution in [0, 0.1) is 0 Å². The molecule has 0 bridgehead atoms. The Morgan fingerprint density at radius 2 is 2.00 bits per heavy atom. The molecule has 3 aromatic heterocycles. The summed E-state index contributed by atoms with van der Waals surface area (Å²) >= 11 is 1.44. The predicted molar refractivity (Wildman–Crippen MR) is 138 cm³/mol. The standard InChI is InChI=1S/C26H30N4O4S/c1-26(2,33)6-9-29-13-18-11-21(17-5-10-34-15-17)22(12-19(18)14-29)27-24(32)23-16-35-25(28-23)30-7-3-20(31)4-8-30/h5,10-16,20,31,33H,3-4,6-9H2,1-2H3,(H,27,32). The van der Waals surface area contributed by atoms with Crippen LogP contribution in [0.2, 0.25) is 0 Å². The van der Waals surface area contributed by atoms with Crippen molar-refractivity contribution in [2.24, 2.45) is 0 Å². The first-order valence-electron chi connectivity index (χ1n) is 11.8. The third kappa shape index (κ3) is 5.42. The van der Waals surface area contributed by atoms with Crippen molar-refractivity contribution in [2.75, 3.05) is 23.3 Å². The monoisotopic (exact) mass is 494 g/mol. The second-order valence-electron chi connectivity index (χ2n) is 9.78. The zero-order chi connectivity index (χ0) is 24.6. The van der Waals surface area contributed by atoms with Crippen LogP contribution >= 0.6 is 11.3 Å². The number of carbonyl (C=O) groups is 1. The van der Waals surface area contributed by atoms with E-state index in [9.17, 15) is 15.0 Å². The molecule has 0 spiro atoms. The van der Waals surface area contributed by atoms with Gasteiger partial charge in [-0.25, -0.2) is 4.98 Å². The lowest BCUT2D eigenvalue weighted by molar-refractivity contribution is 0.0662. The van der Waals surface area contributed by atoms with E-state index in [4.69, 9.17) is 4.42 Å². The highest BCUT2D eigenvalue weighted by atomic mass is 32.1. The van der Waals surface area contributed by atoms with Crippen molar-refractivity contribution in [3.8, 4) is 11.1 Å². The smallest absolute Gasteiger partial charge is 0.275 e. The number of carbonyl (C=O) groups excluding carboxylic acids is 1. The van der Waals surface area contributed by atoms with Crippen molar-refractivity contribution < 1.29 is 19.4 Å². The van der Waals surface area contributed by atoms with E-state index in [1.807, 2.05) is 24.4 Å². The fourth-order valence-corrected chi connectivity index (χ4v) is 5.16. The van der Waals surface area contributed by atoms with Gasteiger partial charge in [0.05, 0.1) is 24.2 Å². The number of furan rings is 1. The lowest BCUT2D eigenvalue weighted by atomic mass is 10.0. The molecule has 0 aliphatic carbocycles. The van der Waals surface area contributed by atoms with E-state index in [1.165, 1.54) is 11.3 Å². The number of amides is 1. The summed E-state index contributed by atoms with van der Waals surface area (Å²) in [5.41, 5.74) is 2.05. The number of nitrogens with one attached hydrogen (secondary N) is 1. The van der Waals surface area contributed by atoms with Crippen molar-refractivity contribution in [3.05, 3.63) is 54.2 Å². The van der Waals surface area contributed by atoms with Gasteiger partial charge in [-0.3, -0.25) is 4.79 Å². The molecule has 1 saturated heterocycles. The lowest BCUT2D eigenvalue weighted by Crippen LogP contribution is -2.35. The molecule has 0 unspecified atom stereocenters. The number of aromatic nitrogens is 2. The fraction of sp³-hybridized carbons (Fsp3) is 0.385. The van der Waals surface area contributed by atoms with Gasteiger partial charge in [0, 0.05) is 65.0 Å². The van der Waals surface area contributed by atoms with Gasteiger partial charge in [0.25, 0.3) is 5.91 Å². The molecular weight excluding hydrogens is 464 g/mol. The Bertz CT molecular complexity index is 1310. The molecule has 0 radical (unpaired) electrons. The number of piperidine rings is 1. The van der Waals surface area contributed by atoms with E-state index < -0.39 is 5.60 Å². The minimum atomic E-state index is -0.738. The van der Waals surface area contributed by atoms with Crippen LogP contribution in [-0.2, 0) is 6.54 Å². The van der Waals surface area contributed by atoms with Crippen LogP contribution in [0.5, 0.6) is 0 Å². The van der Waals surface area contributed by atoms with E-state index in [1.54, 1.807) is 31.8 Å². The maximum Gasteiger partial charge on any atom is 0.275 e. The van der Waals surface area contributed by atoms with Crippen molar-refractivity contribution >= 4 is 38.8 Å². The first-order chi connectivity index (χ1) is 16.7. The molecule has 0 atom stereocenters. The molecule has 4 heterocycles. The summed E-state index contributed by atoms with van der Waals surface area (Å²) < 4.78 is 7.37. The Morgan fingerprint density at radius 3 is 2.69 bits per heavy atom. The normalized spacial score (nSPS) is 15.1. The van der Waals surface area contributed by atoms with E-state index >= 15 is 0 Å². The summed E-state index contributed by atoms with van der Waals surface area (Å²) in [6.07, 6.45) is 9.16. The first kappa shape index (κ1) is 23.6. The fourth-order valence-electron chi connectivity index (χ4n) is 4.30. The molecular formula is C26H30N4O4S. The number of aliphatic hydroxyl groups is 2. The van der Waals surface area contributed by atoms with E-state index in [2.05, 4.69) is 26.0 Å². The summed E-state index contributed by atoms with van der Waals surface area (Å²) in [5, 5.41) is 27.5.